The van der Waals surface area contributed by atoms with E-state index in [9.17, 15) is 4.79 Å². The molecule has 2 heterocycles. The molecular formula is C30H34ClN7O2. The fraction of sp³-hybridized carbons (Fsp3) is 0.333. The third-order valence-electron chi connectivity index (χ3n) is 7.14. The van der Waals surface area contributed by atoms with Gasteiger partial charge in [-0.15, -0.1) is 10.2 Å². The van der Waals surface area contributed by atoms with Crippen molar-refractivity contribution in [2.75, 3.05) is 51.3 Å². The molecule has 40 heavy (non-hydrogen) atoms. The van der Waals surface area contributed by atoms with Crippen LogP contribution >= 0.6 is 11.6 Å². The minimum Gasteiger partial charge on any atom is -0.379 e. The molecule has 1 aliphatic heterocycles. The van der Waals surface area contributed by atoms with Crippen LogP contribution in [0.5, 0.6) is 0 Å². The smallest absolute Gasteiger partial charge is 0.321 e. The van der Waals surface area contributed by atoms with Crippen LogP contribution in [0.3, 0.4) is 0 Å². The monoisotopic (exact) mass is 559 g/mol. The fourth-order valence-electron chi connectivity index (χ4n) is 4.95. The Balaban J connectivity index is 1.34. The van der Waals surface area contributed by atoms with E-state index in [1.54, 1.807) is 25.2 Å². The molecule has 4 aromatic rings. The molecule has 0 unspecified atom stereocenters. The Bertz CT molecular complexity index is 1340. The topological polar surface area (TPSA) is 88.4 Å². The number of ether oxygens (including phenoxy) is 1. The largest absolute Gasteiger partial charge is 0.379 e. The van der Waals surface area contributed by atoms with Gasteiger partial charge in [-0.25, -0.2) is 4.79 Å². The van der Waals surface area contributed by atoms with Gasteiger partial charge in [-0.05, 0) is 41.0 Å². The summed E-state index contributed by atoms with van der Waals surface area (Å²) in [7, 11) is 1.69. The molecule has 1 aliphatic rings. The second-order valence-electron chi connectivity index (χ2n) is 9.83. The van der Waals surface area contributed by atoms with Gasteiger partial charge in [0, 0.05) is 49.9 Å². The number of amides is 2. The van der Waals surface area contributed by atoms with E-state index in [1.165, 1.54) is 15.9 Å². The first kappa shape index (κ1) is 27.8. The maximum Gasteiger partial charge on any atom is 0.321 e. The Labute approximate surface area is 239 Å². The Hall–Kier alpha value is -3.79. The van der Waals surface area contributed by atoms with Crippen LogP contribution in [0.4, 0.5) is 10.5 Å². The second-order valence-corrected chi connectivity index (χ2v) is 10.2. The van der Waals surface area contributed by atoms with Crippen LogP contribution in [0, 0.1) is 0 Å². The van der Waals surface area contributed by atoms with Crippen molar-refractivity contribution in [2.45, 2.75) is 12.3 Å². The third-order valence-corrected chi connectivity index (χ3v) is 7.47. The quantitative estimate of drug-likeness (QED) is 0.297. The molecule has 0 radical (unpaired) electrons. The highest BCUT2D eigenvalue weighted by Crippen LogP contribution is 2.30. The summed E-state index contributed by atoms with van der Waals surface area (Å²) in [6.07, 6.45) is 0.792. The molecule has 1 aromatic heterocycles. The molecule has 0 atom stereocenters. The summed E-state index contributed by atoms with van der Waals surface area (Å²) in [5.74, 6) is 0.576. The number of urea groups is 1. The number of nitrogens with zero attached hydrogens (tertiary/aromatic N) is 6. The number of carbonyl (C=O) groups is 1. The Kier molecular flexibility index (Phi) is 9.38. The van der Waals surface area contributed by atoms with Crippen LogP contribution in [-0.2, 0) is 11.8 Å². The standard InChI is InChI=1S/C30H34ClN7O2/c1-36-34-29(33-35-36)27-22-25(12-13-28(27)31)32-30(39)38(17-16-37-18-20-40-21-19-37)15-14-26(23-8-4-2-5-9-23)24-10-6-3-7-11-24/h2-13,22,26H,14-21H2,1H3,(H,32,39). The highest BCUT2D eigenvalue weighted by atomic mass is 35.5. The van der Waals surface area contributed by atoms with Crippen molar-refractivity contribution in [3.63, 3.8) is 0 Å². The molecule has 1 N–H and O–H groups in total. The van der Waals surface area contributed by atoms with Crippen LogP contribution in [0.25, 0.3) is 11.4 Å². The molecule has 3 aromatic carbocycles. The van der Waals surface area contributed by atoms with Gasteiger partial charge >= 0.3 is 6.03 Å². The molecule has 0 spiro atoms. The Morgan fingerprint density at radius 1 is 1.00 bits per heavy atom. The van der Waals surface area contributed by atoms with Crippen LogP contribution in [-0.4, -0.2) is 82.0 Å². The third kappa shape index (κ3) is 7.24. The molecule has 9 nitrogen and oxygen atoms in total. The maximum absolute atomic E-state index is 13.7. The van der Waals surface area contributed by atoms with Crippen molar-refractivity contribution in [2.24, 2.45) is 7.05 Å². The predicted molar refractivity (Wildman–Crippen MR) is 156 cm³/mol. The number of carbonyl (C=O) groups excluding carboxylic acids is 1. The van der Waals surface area contributed by atoms with Gasteiger partial charge in [-0.3, -0.25) is 4.90 Å². The zero-order valence-corrected chi connectivity index (χ0v) is 23.4. The van der Waals surface area contributed by atoms with Gasteiger partial charge in [-0.2, -0.15) is 4.80 Å². The predicted octanol–water partition coefficient (Wildman–Crippen LogP) is 4.92. The minimum absolute atomic E-state index is 0.159. The lowest BCUT2D eigenvalue weighted by molar-refractivity contribution is 0.0351. The molecule has 5 rings (SSSR count). The van der Waals surface area contributed by atoms with Gasteiger partial charge in [0.15, 0.2) is 0 Å². The Morgan fingerprint density at radius 3 is 2.30 bits per heavy atom. The van der Waals surface area contributed by atoms with Crippen LogP contribution in [0.15, 0.2) is 78.9 Å². The normalized spacial score (nSPS) is 13.9. The summed E-state index contributed by atoms with van der Waals surface area (Å²) >= 11 is 6.42. The van der Waals surface area contributed by atoms with Crippen molar-refractivity contribution in [3.8, 4) is 11.4 Å². The fourth-order valence-corrected chi connectivity index (χ4v) is 5.15. The number of rotatable bonds is 10. The number of nitrogens with one attached hydrogen (secondary N) is 1. The first-order valence-electron chi connectivity index (χ1n) is 13.6. The molecule has 0 bridgehead atoms. The molecule has 0 aliphatic carbocycles. The summed E-state index contributed by atoms with van der Waals surface area (Å²) in [5.41, 5.74) is 3.71. The Morgan fingerprint density at radius 2 is 1.68 bits per heavy atom. The number of hydrogen-bond donors (Lipinski definition) is 1. The first-order chi connectivity index (χ1) is 19.6. The summed E-state index contributed by atoms with van der Waals surface area (Å²) in [5, 5.41) is 15.8. The van der Waals surface area contributed by atoms with E-state index in [4.69, 9.17) is 16.3 Å². The summed E-state index contributed by atoms with van der Waals surface area (Å²) < 4.78 is 5.51. The zero-order chi connectivity index (χ0) is 27.7. The number of halogens is 1. The van der Waals surface area contributed by atoms with Gasteiger partial charge in [0.2, 0.25) is 5.82 Å². The number of aromatic nitrogens is 4. The highest BCUT2D eigenvalue weighted by Gasteiger charge is 2.21. The average Bonchev–Trinajstić information content (AvgIpc) is 3.43. The van der Waals surface area contributed by atoms with Crippen LogP contribution in [0.1, 0.15) is 23.5 Å². The van der Waals surface area contributed by atoms with Gasteiger partial charge < -0.3 is 15.0 Å². The average molecular weight is 560 g/mol. The lowest BCUT2D eigenvalue weighted by atomic mass is 9.88. The van der Waals surface area contributed by atoms with E-state index in [1.807, 2.05) is 17.0 Å². The van der Waals surface area contributed by atoms with E-state index >= 15 is 0 Å². The zero-order valence-electron chi connectivity index (χ0n) is 22.6. The summed E-state index contributed by atoms with van der Waals surface area (Å²) in [4.78, 5) is 19.3. The van der Waals surface area contributed by atoms with Gasteiger partial charge in [0.1, 0.15) is 0 Å². The van der Waals surface area contributed by atoms with E-state index in [0.717, 1.165) is 39.3 Å². The maximum atomic E-state index is 13.7. The van der Waals surface area contributed by atoms with E-state index in [2.05, 4.69) is 74.2 Å². The minimum atomic E-state index is -0.159. The first-order valence-corrected chi connectivity index (χ1v) is 13.9. The second kappa shape index (κ2) is 13.5. The number of anilines is 1. The lowest BCUT2D eigenvalue weighted by Crippen LogP contribution is -2.44. The van der Waals surface area contributed by atoms with E-state index in [-0.39, 0.29) is 11.9 Å². The van der Waals surface area contributed by atoms with Crippen LogP contribution in [0.2, 0.25) is 5.02 Å². The highest BCUT2D eigenvalue weighted by molar-refractivity contribution is 6.33. The van der Waals surface area contributed by atoms with E-state index in [0.29, 0.717) is 35.2 Å². The number of hydrogen-bond acceptors (Lipinski definition) is 6. The SMILES string of the molecule is Cn1nnc(-c2cc(NC(=O)N(CCC(c3ccccc3)c3ccccc3)CCN3CCOCC3)ccc2Cl)n1. The van der Waals surface area contributed by atoms with Gasteiger partial charge in [0.25, 0.3) is 0 Å². The summed E-state index contributed by atoms with van der Waals surface area (Å²) in [6, 6.07) is 26.1. The van der Waals surface area contributed by atoms with Crippen molar-refractivity contribution in [3.05, 3.63) is 95.0 Å². The van der Waals surface area contributed by atoms with Crippen molar-refractivity contribution in [1.82, 2.24) is 30.0 Å². The molecule has 2 amide bonds. The molecule has 0 saturated carbocycles. The van der Waals surface area contributed by atoms with E-state index < -0.39 is 0 Å². The molecule has 208 valence electrons. The number of tetrazole rings is 1. The molecule has 1 saturated heterocycles. The van der Waals surface area contributed by atoms with Crippen molar-refractivity contribution in [1.29, 1.82) is 0 Å². The van der Waals surface area contributed by atoms with Crippen molar-refractivity contribution < 1.29 is 9.53 Å². The molecule has 10 heteroatoms. The number of aryl methyl sites for hydroxylation is 1. The summed E-state index contributed by atoms with van der Waals surface area (Å²) in [6.45, 7) is 5.18. The van der Waals surface area contributed by atoms with Crippen molar-refractivity contribution >= 4 is 23.3 Å². The van der Waals surface area contributed by atoms with Gasteiger partial charge in [-0.1, -0.05) is 72.3 Å². The number of benzene rings is 3. The van der Waals surface area contributed by atoms with Gasteiger partial charge in [0.05, 0.1) is 25.3 Å². The molecule has 1 fully saturated rings. The lowest BCUT2D eigenvalue weighted by Gasteiger charge is -2.31. The molecular weight excluding hydrogens is 526 g/mol. The number of morpholine rings is 1. The van der Waals surface area contributed by atoms with Crippen LogP contribution < -0.4 is 5.32 Å².